The summed E-state index contributed by atoms with van der Waals surface area (Å²) in [6.45, 7) is -0.0120. The van der Waals surface area contributed by atoms with Gasteiger partial charge in [-0.1, -0.05) is 30.3 Å². The fraction of sp³-hybridized carbons (Fsp3) is 0.125. The van der Waals surface area contributed by atoms with E-state index in [1.165, 1.54) is 10.1 Å². The van der Waals surface area contributed by atoms with E-state index in [0.717, 1.165) is 21.8 Å². The molecule has 0 aliphatic rings. The highest BCUT2D eigenvalue weighted by Gasteiger charge is 2.12. The van der Waals surface area contributed by atoms with E-state index in [9.17, 15) is 5.11 Å². The number of rotatable bonds is 3. The van der Waals surface area contributed by atoms with Crippen molar-refractivity contribution in [2.45, 2.75) is 6.61 Å². The van der Waals surface area contributed by atoms with Crippen LogP contribution in [-0.4, -0.2) is 12.2 Å². The molecule has 1 N–H and O–H groups in total. The molecule has 2 aromatic carbocycles. The maximum Gasteiger partial charge on any atom is 0.133 e. The summed E-state index contributed by atoms with van der Waals surface area (Å²) in [7, 11) is 1.64. The first-order valence-corrected chi connectivity index (χ1v) is 6.91. The highest BCUT2D eigenvalue weighted by molar-refractivity contribution is 7.22. The summed E-state index contributed by atoms with van der Waals surface area (Å²) >= 11 is 1.74. The fourth-order valence-electron chi connectivity index (χ4n) is 2.26. The van der Waals surface area contributed by atoms with Crippen molar-refractivity contribution in [2.75, 3.05) is 7.11 Å². The van der Waals surface area contributed by atoms with Gasteiger partial charge < -0.3 is 9.84 Å². The Hall–Kier alpha value is -1.84. The first kappa shape index (κ1) is 12.2. The van der Waals surface area contributed by atoms with Crippen LogP contribution in [0.25, 0.3) is 20.5 Å². The zero-order chi connectivity index (χ0) is 13.2. The smallest absolute Gasteiger partial charge is 0.133 e. The Morgan fingerprint density at radius 3 is 2.68 bits per heavy atom. The molecule has 0 radical (unpaired) electrons. The third kappa shape index (κ3) is 2.11. The van der Waals surface area contributed by atoms with Crippen molar-refractivity contribution in [3.05, 3.63) is 54.1 Å². The molecule has 3 rings (SSSR count). The Morgan fingerprint density at radius 1 is 1.11 bits per heavy atom. The van der Waals surface area contributed by atoms with Crippen molar-refractivity contribution in [1.82, 2.24) is 0 Å². The SMILES string of the molecule is COc1c(CO)cccc1-c1cc2ccccc2s1. The van der Waals surface area contributed by atoms with Crippen LogP contribution in [0.15, 0.2) is 48.5 Å². The number of benzene rings is 2. The summed E-state index contributed by atoms with van der Waals surface area (Å²) in [6.07, 6.45) is 0. The van der Waals surface area contributed by atoms with Crippen LogP contribution in [-0.2, 0) is 6.61 Å². The number of ether oxygens (including phenoxy) is 1. The third-order valence-corrected chi connectivity index (χ3v) is 4.31. The summed E-state index contributed by atoms with van der Waals surface area (Å²) in [5.41, 5.74) is 1.85. The first-order chi connectivity index (χ1) is 9.33. The zero-order valence-electron chi connectivity index (χ0n) is 10.6. The van der Waals surface area contributed by atoms with E-state index in [4.69, 9.17) is 4.74 Å². The molecule has 19 heavy (non-hydrogen) atoms. The van der Waals surface area contributed by atoms with Crippen molar-refractivity contribution in [3.8, 4) is 16.2 Å². The number of methoxy groups -OCH3 is 1. The van der Waals surface area contributed by atoms with E-state index >= 15 is 0 Å². The minimum absolute atomic E-state index is 0.0120. The van der Waals surface area contributed by atoms with Gasteiger partial charge in [-0.3, -0.25) is 0 Å². The highest BCUT2D eigenvalue weighted by Crippen LogP contribution is 2.39. The average Bonchev–Trinajstić information content (AvgIpc) is 2.89. The van der Waals surface area contributed by atoms with Gasteiger partial charge >= 0.3 is 0 Å². The van der Waals surface area contributed by atoms with Crippen molar-refractivity contribution >= 4 is 21.4 Å². The van der Waals surface area contributed by atoms with E-state index in [2.05, 4.69) is 18.2 Å². The van der Waals surface area contributed by atoms with Crippen molar-refractivity contribution in [3.63, 3.8) is 0 Å². The number of hydrogen-bond donors (Lipinski definition) is 1. The molecule has 1 aromatic heterocycles. The average molecular weight is 270 g/mol. The number of hydrogen-bond acceptors (Lipinski definition) is 3. The van der Waals surface area contributed by atoms with Gasteiger partial charge in [0, 0.05) is 20.7 Å². The van der Waals surface area contributed by atoms with Crippen molar-refractivity contribution < 1.29 is 9.84 Å². The molecule has 96 valence electrons. The third-order valence-electron chi connectivity index (χ3n) is 3.16. The molecule has 0 saturated heterocycles. The molecule has 0 aliphatic carbocycles. The Labute approximate surface area is 115 Å². The van der Waals surface area contributed by atoms with Crippen LogP contribution < -0.4 is 4.74 Å². The van der Waals surface area contributed by atoms with E-state index < -0.39 is 0 Å². The van der Waals surface area contributed by atoms with Gasteiger partial charge in [-0.05, 0) is 23.6 Å². The van der Waals surface area contributed by atoms with Gasteiger partial charge in [-0.25, -0.2) is 0 Å². The highest BCUT2D eigenvalue weighted by atomic mass is 32.1. The summed E-state index contributed by atoms with van der Waals surface area (Å²) in [5.74, 6) is 0.761. The number of para-hydroxylation sites is 1. The second-order valence-electron chi connectivity index (χ2n) is 4.30. The molecule has 0 bridgehead atoms. The molecule has 0 aliphatic heterocycles. The topological polar surface area (TPSA) is 29.5 Å². The molecule has 0 saturated carbocycles. The lowest BCUT2D eigenvalue weighted by molar-refractivity contribution is 0.274. The van der Waals surface area contributed by atoms with Crippen LogP contribution in [0.1, 0.15) is 5.56 Å². The maximum absolute atomic E-state index is 9.38. The zero-order valence-corrected chi connectivity index (χ0v) is 11.4. The van der Waals surface area contributed by atoms with Crippen LogP contribution in [0.4, 0.5) is 0 Å². The van der Waals surface area contributed by atoms with Gasteiger partial charge in [-0.2, -0.15) is 0 Å². The Balaban J connectivity index is 2.20. The van der Waals surface area contributed by atoms with Gasteiger partial charge in [0.1, 0.15) is 5.75 Å². The quantitative estimate of drug-likeness (QED) is 0.777. The molecule has 0 amide bonds. The Bertz CT molecular complexity index is 683. The normalized spacial score (nSPS) is 10.8. The lowest BCUT2D eigenvalue weighted by Gasteiger charge is -2.10. The summed E-state index contributed by atoms with van der Waals surface area (Å²) in [5, 5.41) is 10.6. The maximum atomic E-state index is 9.38. The standard InChI is InChI=1S/C16H14O2S/c1-18-16-12(10-17)6-4-7-13(16)15-9-11-5-2-3-8-14(11)19-15/h2-9,17H,10H2,1H3. The Kier molecular flexibility index (Phi) is 3.23. The predicted molar refractivity (Wildman–Crippen MR) is 79.7 cm³/mol. The number of thiophene rings is 1. The lowest BCUT2D eigenvalue weighted by Crippen LogP contribution is -1.93. The van der Waals surface area contributed by atoms with Crippen LogP contribution in [0, 0.1) is 0 Å². The van der Waals surface area contributed by atoms with Crippen molar-refractivity contribution in [1.29, 1.82) is 0 Å². The van der Waals surface area contributed by atoms with E-state index in [1.807, 2.05) is 30.3 Å². The molecular weight excluding hydrogens is 256 g/mol. The molecule has 0 unspecified atom stereocenters. The van der Waals surface area contributed by atoms with E-state index in [-0.39, 0.29) is 6.61 Å². The lowest BCUT2D eigenvalue weighted by atomic mass is 10.1. The minimum atomic E-state index is -0.0120. The van der Waals surface area contributed by atoms with Crippen LogP contribution >= 0.6 is 11.3 Å². The largest absolute Gasteiger partial charge is 0.496 e. The predicted octanol–water partition coefficient (Wildman–Crippen LogP) is 4.07. The van der Waals surface area contributed by atoms with Gasteiger partial charge in [0.25, 0.3) is 0 Å². The van der Waals surface area contributed by atoms with Gasteiger partial charge in [0.15, 0.2) is 0 Å². The molecular formula is C16H14O2S. The van der Waals surface area contributed by atoms with Crippen molar-refractivity contribution in [2.24, 2.45) is 0 Å². The van der Waals surface area contributed by atoms with Gasteiger partial charge in [-0.15, -0.1) is 11.3 Å². The van der Waals surface area contributed by atoms with Crippen LogP contribution in [0.3, 0.4) is 0 Å². The summed E-state index contributed by atoms with van der Waals surface area (Å²) < 4.78 is 6.72. The monoisotopic (exact) mass is 270 g/mol. The second-order valence-corrected chi connectivity index (χ2v) is 5.39. The molecule has 0 spiro atoms. The molecule has 3 aromatic rings. The summed E-state index contributed by atoms with van der Waals surface area (Å²) in [6, 6.07) is 16.3. The van der Waals surface area contributed by atoms with E-state index in [0.29, 0.717) is 0 Å². The molecule has 0 atom stereocenters. The molecule has 2 nitrogen and oxygen atoms in total. The molecule has 1 heterocycles. The van der Waals surface area contributed by atoms with Gasteiger partial charge in [0.05, 0.1) is 13.7 Å². The molecule has 3 heteroatoms. The first-order valence-electron chi connectivity index (χ1n) is 6.09. The van der Waals surface area contributed by atoms with Crippen LogP contribution in [0.5, 0.6) is 5.75 Å². The molecule has 0 fully saturated rings. The minimum Gasteiger partial charge on any atom is -0.496 e. The van der Waals surface area contributed by atoms with E-state index in [1.54, 1.807) is 18.4 Å². The fourth-order valence-corrected chi connectivity index (χ4v) is 3.34. The summed E-state index contributed by atoms with van der Waals surface area (Å²) in [4.78, 5) is 1.16. The number of aliphatic hydroxyl groups is 1. The van der Waals surface area contributed by atoms with Crippen LogP contribution in [0.2, 0.25) is 0 Å². The Morgan fingerprint density at radius 2 is 1.95 bits per heavy atom. The number of aliphatic hydroxyl groups excluding tert-OH is 1. The number of fused-ring (bicyclic) bond motifs is 1. The van der Waals surface area contributed by atoms with Gasteiger partial charge in [0.2, 0.25) is 0 Å². The second kappa shape index (κ2) is 5.03.